The molecule has 0 amide bonds. The van der Waals surface area contributed by atoms with Crippen molar-refractivity contribution in [1.82, 2.24) is 0 Å². The SMILES string of the molecule is C[N+](C)(CCC[N+](C)(C)Cc1ccc(S)cc1)Cc1ccc(S)cc1.[Br-].[Br-]. The van der Waals surface area contributed by atoms with E-state index in [0.29, 0.717) is 0 Å². The topological polar surface area (TPSA) is 0 Å². The van der Waals surface area contributed by atoms with Crippen molar-refractivity contribution in [3.63, 3.8) is 0 Å². The highest BCUT2D eigenvalue weighted by Crippen LogP contribution is 2.16. The minimum absolute atomic E-state index is 0. The predicted octanol–water partition coefficient (Wildman–Crippen LogP) is -1.48. The average Bonchev–Trinajstić information content (AvgIpc) is 2.51. The van der Waals surface area contributed by atoms with Crippen molar-refractivity contribution in [3.05, 3.63) is 59.7 Å². The highest BCUT2D eigenvalue weighted by Gasteiger charge is 2.20. The van der Waals surface area contributed by atoms with Crippen LogP contribution in [0, 0.1) is 0 Å². The molecule has 152 valence electrons. The number of quaternary nitrogens is 2. The molecule has 27 heavy (non-hydrogen) atoms. The molecule has 2 aromatic carbocycles. The first kappa shape index (κ1) is 27.0. The fourth-order valence-electron chi connectivity index (χ4n) is 3.28. The van der Waals surface area contributed by atoms with Gasteiger partial charge in [-0.25, -0.2) is 0 Å². The van der Waals surface area contributed by atoms with Crippen molar-refractivity contribution in [2.75, 3.05) is 41.3 Å². The molecule has 0 saturated carbocycles. The molecule has 0 heterocycles. The Kier molecular flexibility index (Phi) is 11.9. The molecule has 6 heteroatoms. The maximum absolute atomic E-state index is 4.37. The van der Waals surface area contributed by atoms with E-state index in [2.05, 4.69) is 102 Å². The zero-order valence-corrected chi connectivity index (χ0v) is 21.7. The molecular formula is C21H32Br2N2S2. The van der Waals surface area contributed by atoms with Crippen LogP contribution in [0.3, 0.4) is 0 Å². The van der Waals surface area contributed by atoms with Crippen LogP contribution >= 0.6 is 25.3 Å². The molecule has 0 saturated heterocycles. The van der Waals surface area contributed by atoms with Gasteiger partial charge in [0.15, 0.2) is 0 Å². The van der Waals surface area contributed by atoms with Gasteiger partial charge in [-0.05, 0) is 24.3 Å². The molecule has 2 nitrogen and oxygen atoms in total. The molecule has 0 unspecified atom stereocenters. The predicted molar refractivity (Wildman–Crippen MR) is 113 cm³/mol. The number of nitrogens with zero attached hydrogens (tertiary/aromatic N) is 2. The fourth-order valence-corrected chi connectivity index (χ4v) is 3.57. The average molecular weight is 536 g/mol. The van der Waals surface area contributed by atoms with Crippen molar-refractivity contribution in [2.45, 2.75) is 29.3 Å². The van der Waals surface area contributed by atoms with E-state index in [1.54, 1.807) is 0 Å². The molecule has 0 aromatic heterocycles. The number of thiol groups is 2. The van der Waals surface area contributed by atoms with Crippen LogP contribution in [0.15, 0.2) is 58.3 Å². The zero-order valence-electron chi connectivity index (χ0n) is 16.7. The van der Waals surface area contributed by atoms with Gasteiger partial charge in [-0.2, -0.15) is 0 Å². The first-order valence-corrected chi connectivity index (χ1v) is 9.75. The number of rotatable bonds is 8. The second-order valence-corrected chi connectivity index (χ2v) is 9.35. The molecule has 0 radical (unpaired) electrons. The Balaban J connectivity index is 0.00000338. The van der Waals surface area contributed by atoms with Crippen molar-refractivity contribution >= 4 is 25.3 Å². The summed E-state index contributed by atoms with van der Waals surface area (Å²) in [5, 5.41) is 0. The highest BCUT2D eigenvalue weighted by molar-refractivity contribution is 7.80. The van der Waals surface area contributed by atoms with E-state index in [1.807, 2.05) is 0 Å². The Hall–Kier alpha value is 0.0200. The Morgan fingerprint density at radius 3 is 1.19 bits per heavy atom. The van der Waals surface area contributed by atoms with Gasteiger partial charge in [-0.15, -0.1) is 25.3 Å². The summed E-state index contributed by atoms with van der Waals surface area (Å²) in [6.07, 6.45) is 1.22. The third-order valence-electron chi connectivity index (χ3n) is 4.62. The van der Waals surface area contributed by atoms with E-state index in [-0.39, 0.29) is 34.0 Å². The van der Waals surface area contributed by atoms with Gasteiger partial charge in [-0.1, -0.05) is 24.3 Å². The monoisotopic (exact) mass is 534 g/mol. The molecular weight excluding hydrogens is 504 g/mol. The van der Waals surface area contributed by atoms with Crippen LogP contribution in [0.5, 0.6) is 0 Å². The smallest absolute Gasteiger partial charge is 0.104 e. The summed E-state index contributed by atoms with van der Waals surface area (Å²) in [5.41, 5.74) is 2.76. The molecule has 2 rings (SSSR count). The molecule has 0 bridgehead atoms. The molecule has 0 aliphatic carbocycles. The van der Waals surface area contributed by atoms with Crippen LogP contribution in [0.25, 0.3) is 0 Å². The van der Waals surface area contributed by atoms with E-state index >= 15 is 0 Å². The molecule has 0 aliphatic rings. The summed E-state index contributed by atoms with van der Waals surface area (Å²) in [7, 11) is 9.28. The van der Waals surface area contributed by atoms with E-state index < -0.39 is 0 Å². The summed E-state index contributed by atoms with van der Waals surface area (Å²) in [6.45, 7) is 4.48. The number of halogens is 2. The van der Waals surface area contributed by atoms with Gasteiger partial charge in [0.05, 0.1) is 41.3 Å². The van der Waals surface area contributed by atoms with Crippen LogP contribution in [-0.4, -0.2) is 50.2 Å². The lowest BCUT2D eigenvalue weighted by molar-refractivity contribution is -0.922. The zero-order chi connectivity index (χ0) is 18.5. The van der Waals surface area contributed by atoms with E-state index in [1.165, 1.54) is 30.6 Å². The largest absolute Gasteiger partial charge is 1.00 e. The summed E-state index contributed by atoms with van der Waals surface area (Å²) in [4.78, 5) is 2.05. The number of hydrogen-bond donors (Lipinski definition) is 2. The Labute approximate surface area is 197 Å². The van der Waals surface area contributed by atoms with Gasteiger partial charge in [0.25, 0.3) is 0 Å². The number of benzene rings is 2. The minimum atomic E-state index is 0. The van der Waals surface area contributed by atoms with Gasteiger partial charge in [0.2, 0.25) is 0 Å². The van der Waals surface area contributed by atoms with E-state index in [0.717, 1.165) is 31.8 Å². The van der Waals surface area contributed by atoms with Crippen LogP contribution < -0.4 is 34.0 Å². The van der Waals surface area contributed by atoms with Crippen LogP contribution in [0.1, 0.15) is 17.5 Å². The summed E-state index contributed by atoms with van der Waals surface area (Å²) < 4.78 is 2.03. The van der Waals surface area contributed by atoms with Crippen LogP contribution in [-0.2, 0) is 13.1 Å². The van der Waals surface area contributed by atoms with Crippen molar-refractivity contribution in [2.24, 2.45) is 0 Å². The van der Waals surface area contributed by atoms with Crippen molar-refractivity contribution < 1.29 is 42.9 Å². The molecule has 0 atom stereocenters. The Morgan fingerprint density at radius 1 is 0.593 bits per heavy atom. The van der Waals surface area contributed by atoms with E-state index in [4.69, 9.17) is 0 Å². The third kappa shape index (κ3) is 10.4. The lowest BCUT2D eigenvalue weighted by Crippen LogP contribution is -3.00. The Morgan fingerprint density at radius 2 is 0.889 bits per heavy atom. The summed E-state index contributed by atoms with van der Waals surface area (Å²) >= 11 is 8.73. The fraction of sp³-hybridized carbons (Fsp3) is 0.429. The molecule has 0 aliphatic heterocycles. The lowest BCUT2D eigenvalue weighted by Gasteiger charge is -2.33. The van der Waals surface area contributed by atoms with Gasteiger partial charge in [0, 0.05) is 27.3 Å². The Bertz CT molecular complexity index is 612. The summed E-state index contributed by atoms with van der Waals surface area (Å²) in [6, 6.07) is 17.1. The first-order valence-electron chi connectivity index (χ1n) is 8.85. The maximum Gasteiger partial charge on any atom is 0.104 e. The number of hydrogen-bond acceptors (Lipinski definition) is 2. The maximum atomic E-state index is 4.37. The molecule has 0 fully saturated rings. The second-order valence-electron chi connectivity index (χ2n) is 8.32. The van der Waals surface area contributed by atoms with Crippen molar-refractivity contribution in [3.8, 4) is 0 Å². The second kappa shape index (κ2) is 11.9. The summed E-state index contributed by atoms with van der Waals surface area (Å²) in [5.74, 6) is 0. The van der Waals surface area contributed by atoms with Crippen LogP contribution in [0.4, 0.5) is 0 Å². The molecule has 2 aromatic rings. The van der Waals surface area contributed by atoms with Gasteiger partial charge >= 0.3 is 0 Å². The van der Waals surface area contributed by atoms with Crippen LogP contribution in [0.2, 0.25) is 0 Å². The van der Waals surface area contributed by atoms with Gasteiger partial charge < -0.3 is 42.9 Å². The third-order valence-corrected chi connectivity index (χ3v) is 5.22. The minimum Gasteiger partial charge on any atom is -1.00 e. The quantitative estimate of drug-likeness (QED) is 0.299. The molecule has 0 N–H and O–H groups in total. The standard InChI is InChI=1S/C21H30N2S2.2BrH/c1-22(2,16-18-6-10-20(24)11-7-18)14-5-15-23(3,4)17-19-8-12-21(25)13-9-19;;/h6-13H,5,14-17H2,1-4H3;2*1H. The lowest BCUT2D eigenvalue weighted by atomic mass is 10.1. The van der Waals surface area contributed by atoms with E-state index in [9.17, 15) is 0 Å². The highest BCUT2D eigenvalue weighted by atomic mass is 79.9. The normalized spacial score (nSPS) is 11.5. The first-order chi connectivity index (χ1) is 11.7. The van der Waals surface area contributed by atoms with Gasteiger partial charge in [-0.3, -0.25) is 0 Å². The molecule has 0 spiro atoms. The van der Waals surface area contributed by atoms with Gasteiger partial charge in [0.1, 0.15) is 13.1 Å². The van der Waals surface area contributed by atoms with Crippen molar-refractivity contribution in [1.29, 1.82) is 0 Å².